The van der Waals surface area contributed by atoms with Crippen molar-refractivity contribution in [2.75, 3.05) is 23.9 Å². The molecule has 0 spiro atoms. The van der Waals surface area contributed by atoms with Crippen molar-refractivity contribution in [3.05, 3.63) is 59.7 Å². The molecule has 0 aromatic heterocycles. The van der Waals surface area contributed by atoms with Gasteiger partial charge in [0.15, 0.2) is 0 Å². The van der Waals surface area contributed by atoms with Gasteiger partial charge in [-0.15, -0.1) is 0 Å². The summed E-state index contributed by atoms with van der Waals surface area (Å²) in [4.78, 5) is 17.2. The summed E-state index contributed by atoms with van der Waals surface area (Å²) in [5.41, 5.74) is 2.89. The van der Waals surface area contributed by atoms with Crippen LogP contribution in [0.15, 0.2) is 48.5 Å². The van der Waals surface area contributed by atoms with Crippen molar-refractivity contribution < 1.29 is 9.90 Å². The first kappa shape index (κ1) is 21.7. The third-order valence-corrected chi connectivity index (χ3v) is 7.88. The fourth-order valence-electron chi connectivity index (χ4n) is 5.48. The number of nitrogens with zero attached hydrogens (tertiary/aromatic N) is 2. The number of benzene rings is 2. The van der Waals surface area contributed by atoms with Gasteiger partial charge in [0.25, 0.3) is 0 Å². The maximum Gasteiger partial charge on any atom is 0.318 e. The number of carbonyl (C=O) groups is 1. The zero-order chi connectivity index (χ0) is 22.0. The molecular formula is C27H36N2O2. The highest BCUT2D eigenvalue weighted by Gasteiger charge is 2.37. The average Bonchev–Trinajstić information content (AvgIpc) is 3.52. The summed E-state index contributed by atoms with van der Waals surface area (Å²) in [7, 11) is 4.31. The second-order valence-corrected chi connectivity index (χ2v) is 9.62. The molecule has 4 rings (SSSR count). The largest absolute Gasteiger partial charge is 0.480 e. The minimum atomic E-state index is -1.07. The molecule has 4 heteroatoms. The lowest BCUT2D eigenvalue weighted by Gasteiger charge is -2.30. The maximum absolute atomic E-state index is 12.5. The summed E-state index contributed by atoms with van der Waals surface area (Å²) in [6.45, 7) is 1.82. The van der Waals surface area contributed by atoms with Crippen molar-refractivity contribution in [3.8, 4) is 0 Å². The number of rotatable bonds is 7. The number of carboxylic acids is 1. The quantitative estimate of drug-likeness (QED) is 0.612. The van der Waals surface area contributed by atoms with E-state index in [1.807, 2.05) is 31.2 Å². The van der Waals surface area contributed by atoms with Gasteiger partial charge in [-0.25, -0.2) is 0 Å². The van der Waals surface area contributed by atoms with Crippen molar-refractivity contribution in [3.63, 3.8) is 0 Å². The third kappa shape index (κ3) is 4.17. The van der Waals surface area contributed by atoms with Crippen LogP contribution in [0.1, 0.15) is 69.4 Å². The lowest BCUT2D eigenvalue weighted by Crippen LogP contribution is -2.34. The zero-order valence-electron chi connectivity index (χ0n) is 19.2. The third-order valence-electron chi connectivity index (χ3n) is 7.88. The molecule has 2 aliphatic rings. The second-order valence-electron chi connectivity index (χ2n) is 9.62. The SMILES string of the molecule is CN(c1ccc(C(C)(C(=O)O)c2ccc(N(C)C3CCCC3)cc2)cc1)C1CCCC1. The molecule has 0 atom stereocenters. The van der Waals surface area contributed by atoms with E-state index in [9.17, 15) is 9.90 Å². The van der Waals surface area contributed by atoms with E-state index in [0.717, 1.165) is 22.5 Å². The summed E-state index contributed by atoms with van der Waals surface area (Å²) in [6, 6.07) is 17.5. The van der Waals surface area contributed by atoms with E-state index < -0.39 is 11.4 Å². The molecule has 0 bridgehead atoms. The molecular weight excluding hydrogens is 384 g/mol. The Kier molecular flexibility index (Phi) is 6.27. The van der Waals surface area contributed by atoms with Gasteiger partial charge < -0.3 is 14.9 Å². The predicted molar refractivity (Wildman–Crippen MR) is 128 cm³/mol. The Labute approximate surface area is 186 Å². The van der Waals surface area contributed by atoms with Gasteiger partial charge in [-0.05, 0) is 68.0 Å². The number of aliphatic carboxylic acids is 1. The molecule has 0 radical (unpaired) electrons. The Morgan fingerprint density at radius 2 is 1.06 bits per heavy atom. The van der Waals surface area contributed by atoms with Gasteiger partial charge in [-0.2, -0.15) is 0 Å². The fraction of sp³-hybridized carbons (Fsp3) is 0.519. The molecule has 2 aliphatic carbocycles. The molecule has 2 fully saturated rings. The van der Waals surface area contributed by atoms with Crippen LogP contribution in [0, 0.1) is 0 Å². The summed E-state index contributed by atoms with van der Waals surface area (Å²) < 4.78 is 0. The van der Waals surface area contributed by atoms with E-state index in [2.05, 4.69) is 48.2 Å². The summed E-state index contributed by atoms with van der Waals surface area (Å²) in [5.74, 6) is -0.818. The van der Waals surface area contributed by atoms with Crippen molar-refractivity contribution in [1.29, 1.82) is 0 Å². The standard InChI is InChI=1S/C27H36N2O2/c1-27(26(30)31,20-12-16-24(17-13-20)28(2)22-8-4-5-9-22)21-14-18-25(19-15-21)29(3)23-10-6-7-11-23/h12-19,22-23H,4-11H2,1-3H3,(H,30,31). The minimum Gasteiger partial charge on any atom is -0.480 e. The molecule has 4 nitrogen and oxygen atoms in total. The number of anilines is 2. The summed E-state index contributed by atoms with van der Waals surface area (Å²) in [6.07, 6.45) is 10.2. The van der Waals surface area contributed by atoms with Gasteiger partial charge in [0.05, 0.1) is 0 Å². The average molecular weight is 421 g/mol. The number of hydrogen-bond acceptors (Lipinski definition) is 3. The van der Waals surface area contributed by atoms with E-state index in [0.29, 0.717) is 12.1 Å². The van der Waals surface area contributed by atoms with E-state index in [1.54, 1.807) is 0 Å². The first-order chi connectivity index (χ1) is 14.9. The van der Waals surface area contributed by atoms with Crippen LogP contribution in [0.3, 0.4) is 0 Å². The van der Waals surface area contributed by atoms with Gasteiger partial charge in [-0.3, -0.25) is 4.79 Å². The van der Waals surface area contributed by atoms with Crippen LogP contribution in [-0.2, 0) is 10.2 Å². The summed E-state index contributed by atoms with van der Waals surface area (Å²) in [5, 5.41) is 10.2. The Morgan fingerprint density at radius 1 is 0.742 bits per heavy atom. The lowest BCUT2D eigenvalue weighted by molar-refractivity contribution is -0.141. The molecule has 0 aliphatic heterocycles. The van der Waals surface area contributed by atoms with Crippen LogP contribution in [0.25, 0.3) is 0 Å². The maximum atomic E-state index is 12.5. The Bertz CT molecular complexity index is 813. The number of carboxylic acid groups (broad SMARTS) is 1. The molecule has 166 valence electrons. The Balaban J connectivity index is 1.57. The second kappa shape index (κ2) is 8.94. The van der Waals surface area contributed by atoms with Crippen LogP contribution in [-0.4, -0.2) is 37.3 Å². The molecule has 1 N–H and O–H groups in total. The number of hydrogen-bond donors (Lipinski definition) is 1. The smallest absolute Gasteiger partial charge is 0.318 e. The normalized spacial score (nSPS) is 17.8. The Hall–Kier alpha value is -2.49. The topological polar surface area (TPSA) is 43.8 Å². The fourth-order valence-corrected chi connectivity index (χ4v) is 5.48. The van der Waals surface area contributed by atoms with E-state index in [-0.39, 0.29) is 0 Å². The van der Waals surface area contributed by atoms with E-state index >= 15 is 0 Å². The Morgan fingerprint density at radius 3 is 1.35 bits per heavy atom. The van der Waals surface area contributed by atoms with Gasteiger partial charge in [0, 0.05) is 37.6 Å². The van der Waals surface area contributed by atoms with Crippen molar-refractivity contribution in [2.24, 2.45) is 0 Å². The van der Waals surface area contributed by atoms with Crippen LogP contribution in [0.5, 0.6) is 0 Å². The molecule has 0 unspecified atom stereocenters. The predicted octanol–water partition coefficient (Wildman–Crippen LogP) is 5.83. The minimum absolute atomic E-state index is 0.598. The lowest BCUT2D eigenvalue weighted by atomic mass is 9.76. The van der Waals surface area contributed by atoms with E-state index in [4.69, 9.17) is 0 Å². The van der Waals surface area contributed by atoms with Crippen molar-refractivity contribution in [1.82, 2.24) is 0 Å². The molecule has 2 saturated carbocycles. The highest BCUT2D eigenvalue weighted by molar-refractivity contribution is 5.86. The van der Waals surface area contributed by atoms with Crippen LogP contribution < -0.4 is 9.80 Å². The van der Waals surface area contributed by atoms with Crippen LogP contribution in [0.4, 0.5) is 11.4 Å². The highest BCUT2D eigenvalue weighted by atomic mass is 16.4. The molecule has 0 saturated heterocycles. The first-order valence-corrected chi connectivity index (χ1v) is 11.8. The van der Waals surface area contributed by atoms with Gasteiger partial charge >= 0.3 is 5.97 Å². The first-order valence-electron chi connectivity index (χ1n) is 11.8. The molecule has 31 heavy (non-hydrogen) atoms. The van der Waals surface area contributed by atoms with Crippen LogP contribution in [0.2, 0.25) is 0 Å². The van der Waals surface area contributed by atoms with Gasteiger partial charge in [0.2, 0.25) is 0 Å². The van der Waals surface area contributed by atoms with Gasteiger partial charge in [-0.1, -0.05) is 49.9 Å². The van der Waals surface area contributed by atoms with Crippen molar-refractivity contribution in [2.45, 2.75) is 75.8 Å². The molecule has 2 aromatic rings. The summed E-state index contributed by atoms with van der Waals surface area (Å²) >= 11 is 0. The van der Waals surface area contributed by atoms with Gasteiger partial charge in [0.1, 0.15) is 5.41 Å². The molecule has 0 amide bonds. The zero-order valence-corrected chi connectivity index (χ0v) is 19.2. The van der Waals surface area contributed by atoms with Crippen molar-refractivity contribution >= 4 is 17.3 Å². The monoisotopic (exact) mass is 420 g/mol. The van der Waals surface area contributed by atoms with Crippen LogP contribution >= 0.6 is 0 Å². The molecule has 0 heterocycles. The molecule has 2 aromatic carbocycles. The van der Waals surface area contributed by atoms with E-state index in [1.165, 1.54) is 51.4 Å². The highest BCUT2D eigenvalue weighted by Crippen LogP contribution is 2.36.